The molecule has 2 aliphatic heterocycles. The minimum Gasteiger partial charge on any atom is -0.493 e. The molecule has 6 heteroatoms. The van der Waals surface area contributed by atoms with Gasteiger partial charge < -0.3 is 14.4 Å². The van der Waals surface area contributed by atoms with Gasteiger partial charge in [-0.15, -0.1) is 0 Å². The highest BCUT2D eigenvalue weighted by Crippen LogP contribution is 2.50. The average molecular weight is 723 g/mol. The van der Waals surface area contributed by atoms with Crippen molar-refractivity contribution in [3.63, 3.8) is 0 Å². The van der Waals surface area contributed by atoms with Crippen molar-refractivity contribution < 1.29 is 9.47 Å². The van der Waals surface area contributed by atoms with E-state index in [-0.39, 0.29) is 0 Å². The van der Waals surface area contributed by atoms with E-state index in [2.05, 4.69) is 110 Å². The molecule has 7 rings (SSSR count). The molecule has 0 bridgehead atoms. The number of nitrogens with zero attached hydrogens (tertiary/aromatic N) is 2. The van der Waals surface area contributed by atoms with Gasteiger partial charge in [0, 0.05) is 41.3 Å². The van der Waals surface area contributed by atoms with Gasteiger partial charge >= 0.3 is 0 Å². The van der Waals surface area contributed by atoms with Crippen LogP contribution in [0.3, 0.4) is 0 Å². The van der Waals surface area contributed by atoms with Crippen LogP contribution in [-0.2, 0) is 6.61 Å². The molecule has 4 nitrogen and oxygen atoms in total. The molecule has 2 aliphatic rings. The molecule has 2 atom stereocenters. The van der Waals surface area contributed by atoms with Gasteiger partial charge in [-0.1, -0.05) is 88.7 Å². The molecule has 0 aliphatic carbocycles. The fourth-order valence-electron chi connectivity index (χ4n) is 6.75. The molecule has 0 amide bonds. The van der Waals surface area contributed by atoms with Crippen LogP contribution in [0, 0.1) is 0 Å². The van der Waals surface area contributed by atoms with Gasteiger partial charge in [-0.2, -0.15) is 0 Å². The van der Waals surface area contributed by atoms with Crippen LogP contribution in [0.4, 0.5) is 11.4 Å². The van der Waals surface area contributed by atoms with Crippen LogP contribution in [0.15, 0.2) is 123 Å². The topological polar surface area (TPSA) is 34.1 Å². The lowest BCUT2D eigenvalue weighted by Crippen LogP contribution is -2.37. The number of hydrogen-bond acceptors (Lipinski definition) is 4. The van der Waals surface area contributed by atoms with E-state index < -0.39 is 0 Å². The Bertz CT molecular complexity index is 1750. The smallest absolute Gasteiger partial charge is 0.175 e. The number of methoxy groups -OCH3 is 1. The van der Waals surface area contributed by atoms with Gasteiger partial charge in [-0.25, -0.2) is 0 Å². The number of halogens is 2. The quantitative estimate of drug-likeness (QED) is 0.150. The largest absolute Gasteiger partial charge is 0.493 e. The number of aliphatic imine (C=N–C) groups is 1. The van der Waals surface area contributed by atoms with Crippen molar-refractivity contribution in [2.45, 2.75) is 31.3 Å². The van der Waals surface area contributed by atoms with Crippen molar-refractivity contribution in [2.75, 3.05) is 25.1 Å². The Morgan fingerprint density at radius 1 is 0.778 bits per heavy atom. The molecular weight excluding hydrogens is 688 g/mol. The molecule has 0 N–H and O–H groups in total. The number of benzene rings is 5. The number of hydrogen-bond donors (Lipinski definition) is 0. The minimum atomic E-state index is 0.345. The summed E-state index contributed by atoms with van der Waals surface area (Å²) in [6.45, 7) is 2.59. The highest BCUT2D eigenvalue weighted by molar-refractivity contribution is 9.10. The Kier molecular flexibility index (Phi) is 8.77. The van der Waals surface area contributed by atoms with Gasteiger partial charge in [0.15, 0.2) is 11.5 Å². The van der Waals surface area contributed by atoms with Gasteiger partial charge in [-0.05, 0) is 98.6 Å². The van der Waals surface area contributed by atoms with E-state index in [1.807, 2.05) is 42.6 Å². The maximum atomic E-state index is 6.18. The molecule has 45 heavy (non-hydrogen) atoms. The highest BCUT2D eigenvalue weighted by atomic mass is 79.9. The van der Waals surface area contributed by atoms with Crippen LogP contribution >= 0.6 is 31.9 Å². The SMILES string of the molecule is COc1cc(C=Nc2cc3c4c(c2)[C@@H](c2ccccc2)CCN4CC[C@@H]3c2ccccc2)cc(Br)c1OCc1ccc(Br)cc1. The summed E-state index contributed by atoms with van der Waals surface area (Å²) in [6, 6.07) is 38.6. The zero-order valence-corrected chi connectivity index (χ0v) is 28.3. The van der Waals surface area contributed by atoms with Crippen LogP contribution in [0.25, 0.3) is 0 Å². The third-order valence-electron chi connectivity index (χ3n) is 8.91. The Morgan fingerprint density at radius 3 is 1.96 bits per heavy atom. The standard InChI is InChI=1S/C39H34Br2N2O2/c1-44-37-21-27(20-36(41)39(37)45-25-26-12-14-30(40)15-13-26)24-42-31-22-34-32(28-8-4-2-5-9-28)16-18-43-19-17-33(35(23-31)38(34)43)29-10-6-3-7-11-29/h2-15,20-24,32-33H,16-19,25H2,1H3/t32-,33-/m1/s1. The third kappa shape index (κ3) is 6.31. The number of ether oxygens (including phenoxy) is 2. The summed E-state index contributed by atoms with van der Waals surface area (Å²) >= 11 is 7.22. The highest BCUT2D eigenvalue weighted by Gasteiger charge is 2.35. The van der Waals surface area contributed by atoms with E-state index in [9.17, 15) is 0 Å². The summed E-state index contributed by atoms with van der Waals surface area (Å²) in [4.78, 5) is 7.68. The first-order valence-corrected chi connectivity index (χ1v) is 17.0. The first-order valence-electron chi connectivity index (χ1n) is 15.4. The summed E-state index contributed by atoms with van der Waals surface area (Å²) in [5, 5.41) is 0. The van der Waals surface area contributed by atoms with E-state index >= 15 is 0 Å². The van der Waals surface area contributed by atoms with Crippen molar-refractivity contribution in [3.05, 3.63) is 152 Å². The molecule has 0 unspecified atom stereocenters. The lowest BCUT2D eigenvalue weighted by Gasteiger charge is -2.43. The Morgan fingerprint density at radius 2 is 1.38 bits per heavy atom. The molecule has 0 radical (unpaired) electrons. The van der Waals surface area contributed by atoms with Crippen LogP contribution in [0.2, 0.25) is 0 Å². The van der Waals surface area contributed by atoms with Crippen molar-refractivity contribution in [2.24, 2.45) is 4.99 Å². The van der Waals surface area contributed by atoms with E-state index in [1.54, 1.807) is 7.11 Å². The van der Waals surface area contributed by atoms with Crippen molar-refractivity contribution >= 4 is 49.4 Å². The van der Waals surface area contributed by atoms with Crippen LogP contribution in [-0.4, -0.2) is 26.4 Å². The lowest BCUT2D eigenvalue weighted by atomic mass is 9.76. The second-order valence-electron chi connectivity index (χ2n) is 11.7. The lowest BCUT2D eigenvalue weighted by molar-refractivity contribution is 0.282. The predicted octanol–water partition coefficient (Wildman–Crippen LogP) is 10.4. The molecule has 0 aromatic heterocycles. The molecule has 2 heterocycles. The van der Waals surface area contributed by atoms with Gasteiger partial charge in [-0.3, -0.25) is 4.99 Å². The Balaban J connectivity index is 1.25. The number of rotatable bonds is 8. The Hall–Kier alpha value is -3.87. The third-order valence-corrected chi connectivity index (χ3v) is 10.0. The zero-order chi connectivity index (χ0) is 30.8. The average Bonchev–Trinajstić information content (AvgIpc) is 3.08. The summed E-state index contributed by atoms with van der Waals surface area (Å²) in [7, 11) is 1.67. The molecule has 5 aromatic carbocycles. The second kappa shape index (κ2) is 13.2. The summed E-state index contributed by atoms with van der Waals surface area (Å²) < 4.78 is 13.8. The first kappa shape index (κ1) is 29.8. The molecule has 0 saturated heterocycles. The maximum absolute atomic E-state index is 6.18. The predicted molar refractivity (Wildman–Crippen MR) is 191 cm³/mol. The fraction of sp³-hybridized carbons (Fsp3) is 0.205. The summed E-state index contributed by atoms with van der Waals surface area (Å²) in [5.74, 6) is 2.02. The van der Waals surface area contributed by atoms with E-state index in [0.717, 1.165) is 51.7 Å². The van der Waals surface area contributed by atoms with E-state index in [4.69, 9.17) is 14.5 Å². The molecule has 226 valence electrons. The van der Waals surface area contributed by atoms with Crippen molar-refractivity contribution in [3.8, 4) is 11.5 Å². The van der Waals surface area contributed by atoms with E-state index in [0.29, 0.717) is 29.9 Å². The zero-order valence-electron chi connectivity index (χ0n) is 25.1. The van der Waals surface area contributed by atoms with Gasteiger partial charge in [0.25, 0.3) is 0 Å². The first-order chi connectivity index (χ1) is 22.1. The van der Waals surface area contributed by atoms with Crippen molar-refractivity contribution in [1.29, 1.82) is 0 Å². The van der Waals surface area contributed by atoms with Crippen LogP contribution in [0.1, 0.15) is 58.1 Å². The van der Waals surface area contributed by atoms with Gasteiger partial charge in [0.2, 0.25) is 0 Å². The van der Waals surface area contributed by atoms with Gasteiger partial charge in [0.1, 0.15) is 6.61 Å². The summed E-state index contributed by atoms with van der Waals surface area (Å²) in [6.07, 6.45) is 4.13. The van der Waals surface area contributed by atoms with Gasteiger partial charge in [0.05, 0.1) is 17.3 Å². The second-order valence-corrected chi connectivity index (χ2v) is 13.4. The minimum absolute atomic E-state index is 0.345. The maximum Gasteiger partial charge on any atom is 0.175 e. The molecular formula is C39H34Br2N2O2. The van der Waals surface area contributed by atoms with Crippen molar-refractivity contribution in [1.82, 2.24) is 0 Å². The molecule has 0 saturated carbocycles. The van der Waals surface area contributed by atoms with Crippen LogP contribution < -0.4 is 14.4 Å². The normalized spacial score (nSPS) is 17.3. The summed E-state index contributed by atoms with van der Waals surface area (Å²) in [5.41, 5.74) is 9.90. The number of anilines is 1. The monoisotopic (exact) mass is 720 g/mol. The van der Waals surface area contributed by atoms with Crippen LogP contribution in [0.5, 0.6) is 11.5 Å². The Labute approximate surface area is 282 Å². The fourth-order valence-corrected chi connectivity index (χ4v) is 7.59. The van der Waals surface area contributed by atoms with E-state index in [1.165, 1.54) is 27.9 Å². The molecule has 0 spiro atoms. The molecule has 0 fully saturated rings. The molecule has 5 aromatic rings.